The van der Waals surface area contributed by atoms with Gasteiger partial charge in [-0.3, -0.25) is 4.79 Å². The largest absolute Gasteiger partial charge is 0.381 e. The highest BCUT2D eigenvalue weighted by Crippen LogP contribution is 2.34. The van der Waals surface area contributed by atoms with E-state index >= 15 is 0 Å². The number of carbonyl (C=O) groups excluding carboxylic acids is 1. The van der Waals surface area contributed by atoms with E-state index in [2.05, 4.69) is 5.32 Å². The molecule has 1 atom stereocenters. The lowest BCUT2D eigenvalue weighted by atomic mass is 9.84. The highest BCUT2D eigenvalue weighted by atomic mass is 35.5. The molecule has 0 saturated carbocycles. The van der Waals surface area contributed by atoms with Gasteiger partial charge in [0.1, 0.15) is 0 Å². The van der Waals surface area contributed by atoms with E-state index in [-0.39, 0.29) is 17.6 Å². The maximum absolute atomic E-state index is 12.2. The summed E-state index contributed by atoms with van der Waals surface area (Å²) in [5, 5.41) is 3.94. The fraction of sp³-hybridized carbons (Fsp3) is 0.611. The number of carbonyl (C=O) groups is 1. The van der Waals surface area contributed by atoms with Crippen LogP contribution < -0.4 is 5.32 Å². The van der Waals surface area contributed by atoms with Crippen LogP contribution in [0.2, 0.25) is 5.02 Å². The van der Waals surface area contributed by atoms with Crippen molar-refractivity contribution in [3.05, 3.63) is 34.9 Å². The molecule has 0 aromatic heterocycles. The topological polar surface area (TPSA) is 47.6 Å². The number of ether oxygens (including phenoxy) is 2. The van der Waals surface area contributed by atoms with Crippen molar-refractivity contribution in [1.82, 2.24) is 5.32 Å². The Bertz CT molecular complexity index is 557. The van der Waals surface area contributed by atoms with Crippen LogP contribution in [0, 0.1) is 0 Å². The van der Waals surface area contributed by atoms with E-state index < -0.39 is 0 Å². The number of halogens is 1. The fourth-order valence-corrected chi connectivity index (χ4v) is 4.51. The molecule has 0 radical (unpaired) electrons. The lowest BCUT2D eigenvalue weighted by molar-refractivity contribution is -0.143. The van der Waals surface area contributed by atoms with Crippen molar-refractivity contribution >= 4 is 29.3 Å². The van der Waals surface area contributed by atoms with Gasteiger partial charge < -0.3 is 14.8 Å². The molecule has 2 aliphatic heterocycles. The number of rotatable bonds is 5. The van der Waals surface area contributed by atoms with Crippen LogP contribution in [0.25, 0.3) is 0 Å². The van der Waals surface area contributed by atoms with Crippen LogP contribution in [0.15, 0.2) is 24.3 Å². The normalized spacial score (nSPS) is 23.1. The molecule has 4 nitrogen and oxygen atoms in total. The Morgan fingerprint density at radius 2 is 2.08 bits per heavy atom. The van der Waals surface area contributed by atoms with Crippen molar-refractivity contribution in [3.8, 4) is 0 Å². The van der Waals surface area contributed by atoms with Crippen molar-refractivity contribution in [3.63, 3.8) is 0 Å². The quantitative estimate of drug-likeness (QED) is 0.863. The van der Waals surface area contributed by atoms with Gasteiger partial charge in [0.15, 0.2) is 0 Å². The number of hydrogen-bond donors (Lipinski definition) is 1. The first-order valence-corrected chi connectivity index (χ1v) is 10.0. The molecular formula is C18H24ClNO3S. The molecule has 3 rings (SSSR count). The van der Waals surface area contributed by atoms with Crippen molar-refractivity contribution < 1.29 is 14.3 Å². The summed E-state index contributed by atoms with van der Waals surface area (Å²) < 4.78 is 11.5. The molecule has 2 fully saturated rings. The third kappa shape index (κ3) is 4.88. The van der Waals surface area contributed by atoms with Gasteiger partial charge in [-0.25, -0.2) is 0 Å². The van der Waals surface area contributed by atoms with Gasteiger partial charge in [0.2, 0.25) is 5.91 Å². The summed E-state index contributed by atoms with van der Waals surface area (Å²) in [6, 6.07) is 7.98. The van der Waals surface area contributed by atoms with E-state index in [1.807, 2.05) is 24.3 Å². The Labute approximate surface area is 152 Å². The first-order valence-electron chi connectivity index (χ1n) is 8.49. The second-order valence-corrected chi connectivity index (χ2v) is 7.88. The van der Waals surface area contributed by atoms with Gasteiger partial charge in [-0.2, -0.15) is 0 Å². The molecule has 1 amide bonds. The van der Waals surface area contributed by atoms with Crippen LogP contribution in [0.4, 0.5) is 0 Å². The number of thioether (sulfide) groups is 1. The molecule has 0 aliphatic carbocycles. The summed E-state index contributed by atoms with van der Waals surface area (Å²) in [5.74, 6) is 1.31. The van der Waals surface area contributed by atoms with E-state index in [4.69, 9.17) is 21.1 Å². The number of nitrogens with one attached hydrogen (secondary N) is 1. The van der Waals surface area contributed by atoms with E-state index in [1.54, 1.807) is 11.8 Å². The Kier molecular flexibility index (Phi) is 6.44. The monoisotopic (exact) mass is 369 g/mol. The third-order valence-electron chi connectivity index (χ3n) is 4.71. The Balaban J connectivity index is 1.42. The second-order valence-electron chi connectivity index (χ2n) is 6.49. The lowest BCUT2D eigenvalue weighted by Crippen LogP contribution is -2.51. The van der Waals surface area contributed by atoms with E-state index in [0.29, 0.717) is 5.75 Å². The number of benzene rings is 1. The van der Waals surface area contributed by atoms with Gasteiger partial charge >= 0.3 is 0 Å². The fourth-order valence-electron chi connectivity index (χ4n) is 3.38. The molecule has 1 aromatic carbocycles. The van der Waals surface area contributed by atoms with Gasteiger partial charge in [-0.15, -0.1) is 11.8 Å². The second kappa shape index (κ2) is 8.56. The van der Waals surface area contributed by atoms with E-state index in [1.165, 1.54) is 0 Å². The van der Waals surface area contributed by atoms with Crippen LogP contribution in [0.3, 0.4) is 0 Å². The SMILES string of the molecule is O=C(CSCc1ccccc1Cl)NC1CCOC2(CCOCC2)C1. The van der Waals surface area contributed by atoms with Gasteiger partial charge in [0.25, 0.3) is 0 Å². The maximum atomic E-state index is 12.2. The van der Waals surface area contributed by atoms with Gasteiger partial charge in [0, 0.05) is 36.6 Å². The minimum atomic E-state index is -0.0842. The Morgan fingerprint density at radius 1 is 1.29 bits per heavy atom. The molecule has 1 aromatic rings. The van der Waals surface area contributed by atoms with Crippen LogP contribution in [0.5, 0.6) is 0 Å². The molecule has 1 spiro atoms. The maximum Gasteiger partial charge on any atom is 0.230 e. The molecular weight excluding hydrogens is 346 g/mol. The molecule has 6 heteroatoms. The molecule has 24 heavy (non-hydrogen) atoms. The highest BCUT2D eigenvalue weighted by molar-refractivity contribution is 7.99. The van der Waals surface area contributed by atoms with Crippen molar-refractivity contribution in [2.75, 3.05) is 25.6 Å². The van der Waals surface area contributed by atoms with Crippen LogP contribution in [-0.2, 0) is 20.0 Å². The summed E-state index contributed by atoms with van der Waals surface area (Å²) in [4.78, 5) is 12.2. The number of amides is 1. The summed E-state index contributed by atoms with van der Waals surface area (Å²) >= 11 is 7.74. The molecule has 2 heterocycles. The zero-order valence-corrected chi connectivity index (χ0v) is 15.3. The van der Waals surface area contributed by atoms with Crippen LogP contribution >= 0.6 is 23.4 Å². The lowest BCUT2D eigenvalue weighted by Gasteiger charge is -2.43. The highest BCUT2D eigenvalue weighted by Gasteiger charge is 2.39. The van der Waals surface area contributed by atoms with Crippen LogP contribution in [0.1, 0.15) is 31.2 Å². The molecule has 2 saturated heterocycles. The van der Waals surface area contributed by atoms with Crippen molar-refractivity contribution in [1.29, 1.82) is 0 Å². The number of hydrogen-bond acceptors (Lipinski definition) is 4. The van der Waals surface area contributed by atoms with Crippen molar-refractivity contribution in [2.24, 2.45) is 0 Å². The van der Waals surface area contributed by atoms with Crippen molar-refractivity contribution in [2.45, 2.75) is 43.1 Å². The standard InChI is InChI=1S/C18H24ClNO3S/c19-16-4-2-1-3-14(16)12-24-13-17(21)20-15-5-8-23-18(11-15)6-9-22-10-7-18/h1-4,15H,5-13H2,(H,20,21). The van der Waals surface area contributed by atoms with Gasteiger partial charge in [0.05, 0.1) is 11.4 Å². The zero-order chi connectivity index (χ0) is 16.8. The minimum absolute atomic E-state index is 0.0842. The molecule has 132 valence electrons. The van der Waals surface area contributed by atoms with Gasteiger partial charge in [-0.05, 0) is 37.3 Å². The summed E-state index contributed by atoms with van der Waals surface area (Å²) in [6.45, 7) is 2.24. The van der Waals surface area contributed by atoms with E-state index in [9.17, 15) is 4.79 Å². The molecule has 2 aliphatic rings. The first-order chi connectivity index (χ1) is 11.7. The minimum Gasteiger partial charge on any atom is -0.381 e. The van der Waals surface area contributed by atoms with E-state index in [0.717, 1.165) is 61.8 Å². The summed E-state index contributed by atoms with van der Waals surface area (Å²) in [7, 11) is 0. The predicted molar refractivity (Wildman–Crippen MR) is 97.5 cm³/mol. The molecule has 1 unspecified atom stereocenters. The zero-order valence-electron chi connectivity index (χ0n) is 13.8. The molecule has 0 bridgehead atoms. The Morgan fingerprint density at radius 3 is 2.88 bits per heavy atom. The Hall–Kier alpha value is -0.750. The molecule has 1 N–H and O–H groups in total. The average molecular weight is 370 g/mol. The smallest absolute Gasteiger partial charge is 0.230 e. The summed E-state index contributed by atoms with van der Waals surface area (Å²) in [6.07, 6.45) is 3.65. The summed E-state index contributed by atoms with van der Waals surface area (Å²) in [5.41, 5.74) is 0.989. The first kappa shape index (κ1) is 18.1. The predicted octanol–water partition coefficient (Wildman–Crippen LogP) is 3.42. The van der Waals surface area contributed by atoms with Gasteiger partial charge in [-0.1, -0.05) is 29.8 Å². The van der Waals surface area contributed by atoms with Crippen LogP contribution in [-0.4, -0.2) is 43.1 Å². The third-order valence-corrected chi connectivity index (χ3v) is 6.06. The average Bonchev–Trinajstić information content (AvgIpc) is 2.57.